The highest BCUT2D eigenvalue weighted by molar-refractivity contribution is 5.83. The number of cyclic esters (lactones) is 1. The number of carbonyl (C=O) groups is 3. The summed E-state index contributed by atoms with van der Waals surface area (Å²) < 4.78 is 47.5. The number of benzene rings is 1. The average molecular weight is 1090 g/mol. The number of esters is 1. The number of likely N-dealkylation sites (N-methyl/N-ethyl adjacent to an activating group) is 2. The summed E-state index contributed by atoms with van der Waals surface area (Å²) in [6.45, 7) is 18.4. The van der Waals surface area contributed by atoms with Crippen LogP contribution in [0.15, 0.2) is 30.5 Å². The zero-order chi connectivity index (χ0) is 57.4. The molecule has 77 heavy (non-hydrogen) atoms. The summed E-state index contributed by atoms with van der Waals surface area (Å²) in [6, 6.07) is 7.67. The first-order chi connectivity index (χ1) is 36.1. The van der Waals surface area contributed by atoms with Crippen LogP contribution in [0.4, 0.5) is 0 Å². The maximum atomic E-state index is 14.6. The molecule has 3 saturated heterocycles. The predicted molar refractivity (Wildman–Crippen MR) is 285 cm³/mol. The van der Waals surface area contributed by atoms with Crippen molar-refractivity contribution in [3.05, 3.63) is 36.0 Å². The van der Waals surface area contributed by atoms with Gasteiger partial charge in [0.15, 0.2) is 12.6 Å². The van der Waals surface area contributed by atoms with Gasteiger partial charge in [-0.05, 0) is 100 Å². The van der Waals surface area contributed by atoms with E-state index < -0.39 is 101 Å². The van der Waals surface area contributed by atoms with Crippen LogP contribution >= 0.6 is 0 Å². The minimum Gasteiger partial charge on any atom is -0.459 e. The van der Waals surface area contributed by atoms with Gasteiger partial charge in [0, 0.05) is 76.1 Å². The fraction of sp³-hybridized carbons (Fsp3) is 0.804. The maximum absolute atomic E-state index is 14.6. The highest BCUT2D eigenvalue weighted by Crippen LogP contribution is 2.45. The fourth-order valence-electron chi connectivity index (χ4n) is 12.0. The number of hydrogen-bond acceptors (Lipinski definition) is 19. The van der Waals surface area contributed by atoms with Gasteiger partial charge in [0.05, 0.1) is 48.2 Å². The summed E-state index contributed by atoms with van der Waals surface area (Å²) in [6.07, 6.45) is -3.17. The lowest BCUT2D eigenvalue weighted by atomic mass is 9.73. The van der Waals surface area contributed by atoms with Crippen molar-refractivity contribution in [2.45, 2.75) is 224 Å². The van der Waals surface area contributed by atoms with Crippen molar-refractivity contribution >= 4 is 17.7 Å². The smallest absolute Gasteiger partial charge is 0.311 e. The molecule has 18 atom stereocenters. The molecule has 21 heteroatoms. The molecule has 0 spiro atoms. The number of amides is 1. The van der Waals surface area contributed by atoms with E-state index in [0.717, 1.165) is 36.1 Å². The molecule has 3 aliphatic heterocycles. The lowest BCUT2D eigenvalue weighted by Gasteiger charge is -2.54. The Bertz CT molecular complexity index is 2200. The Morgan fingerprint density at radius 1 is 0.896 bits per heavy atom. The van der Waals surface area contributed by atoms with Crippen LogP contribution in [-0.2, 0) is 60.6 Å². The molecule has 5 rings (SSSR count). The summed E-state index contributed by atoms with van der Waals surface area (Å²) in [7, 11) is 8.70. The molecule has 3 fully saturated rings. The fourth-order valence-corrected chi connectivity index (χ4v) is 12.0. The average Bonchev–Trinajstić information content (AvgIpc) is 3.88. The van der Waals surface area contributed by atoms with Crippen LogP contribution in [0.25, 0.3) is 11.3 Å². The lowest BCUT2D eigenvalue weighted by molar-refractivity contribution is -0.339. The van der Waals surface area contributed by atoms with E-state index in [-0.39, 0.29) is 49.6 Å². The molecular weight excluding hydrogens is 997 g/mol. The van der Waals surface area contributed by atoms with Gasteiger partial charge in [-0.25, -0.2) is 5.48 Å². The molecule has 0 bridgehead atoms. The Balaban J connectivity index is 1.40. The monoisotopic (exact) mass is 1090 g/mol. The van der Waals surface area contributed by atoms with Crippen LogP contribution in [0.1, 0.15) is 133 Å². The lowest BCUT2D eigenvalue weighted by Crippen LogP contribution is -2.70. The number of ketones is 1. The van der Waals surface area contributed by atoms with Crippen molar-refractivity contribution in [3.8, 4) is 11.3 Å². The molecule has 6 N–H and O–H groups in total. The maximum Gasteiger partial charge on any atom is 0.311 e. The third-order valence-electron chi connectivity index (χ3n) is 17.2. The van der Waals surface area contributed by atoms with Crippen LogP contribution in [0.5, 0.6) is 0 Å². The van der Waals surface area contributed by atoms with Gasteiger partial charge in [-0.1, -0.05) is 70.0 Å². The molecule has 3 aliphatic rings. The second-order valence-corrected chi connectivity index (χ2v) is 23.4. The number of hydrogen-bond donors (Lipinski definition) is 6. The number of Topliss-reactive ketones (excluding diaryl/α,β-unsaturated/α-hetero) is 1. The van der Waals surface area contributed by atoms with Crippen LogP contribution < -0.4 is 5.48 Å². The van der Waals surface area contributed by atoms with Gasteiger partial charge in [0.2, 0.25) is 5.91 Å². The van der Waals surface area contributed by atoms with Crippen molar-refractivity contribution in [1.82, 2.24) is 30.3 Å². The summed E-state index contributed by atoms with van der Waals surface area (Å²) in [5.74, 6) is -5.15. The van der Waals surface area contributed by atoms with Crippen LogP contribution in [0.2, 0.25) is 0 Å². The second kappa shape index (κ2) is 27.3. The third kappa shape index (κ3) is 15.1. The zero-order valence-corrected chi connectivity index (χ0v) is 48.5. The quantitative estimate of drug-likeness (QED) is 0.0456. The molecule has 2 aromatic rings. The topological polar surface area (TPSA) is 266 Å². The van der Waals surface area contributed by atoms with Crippen molar-refractivity contribution < 1.29 is 73.2 Å². The summed E-state index contributed by atoms with van der Waals surface area (Å²) >= 11 is 0. The number of carbonyl (C=O) groups excluding carboxylic acids is 3. The van der Waals surface area contributed by atoms with E-state index in [1.807, 2.05) is 82.2 Å². The van der Waals surface area contributed by atoms with E-state index in [1.54, 1.807) is 51.7 Å². The molecule has 1 aromatic heterocycles. The Hall–Kier alpha value is -3.55. The normalized spacial score (nSPS) is 37.9. The Labute approximate surface area is 456 Å². The largest absolute Gasteiger partial charge is 0.459 e. The summed E-state index contributed by atoms with van der Waals surface area (Å²) in [5.41, 5.74) is -1.91. The molecule has 438 valence electrons. The molecule has 0 aliphatic carbocycles. The Morgan fingerprint density at radius 2 is 1.56 bits per heavy atom. The number of nitrogens with zero attached hydrogens (tertiary/aromatic N) is 5. The number of aliphatic hydroxyl groups is 4. The van der Waals surface area contributed by atoms with E-state index in [0.29, 0.717) is 32.4 Å². The number of aliphatic hydroxyl groups excluding tert-OH is 2. The Kier molecular flexibility index (Phi) is 22.8. The first-order valence-corrected chi connectivity index (χ1v) is 27.6. The van der Waals surface area contributed by atoms with E-state index in [4.69, 9.17) is 38.4 Å². The SMILES string of the molecule is CC[C@@H]1OC(=O)[C@@H](C)[C@H](O[C@H]2C[C@@](C)(OC)[C@](O)(CN(C)Cc3ccc(-c4cn(CCCCCCC(=O)NO)nn4)cc3)[C@H](C)O2)[C@H](C)[C@H](O[C@@H]2O[C@H](C)C[C@H](N(C)C)[C@H]2O)[C@@](C)(OC)C[C@H](C)C(=O)[C@@H](C)[C@@H](O)[C@@]1(C)O. The molecule has 0 saturated carbocycles. The van der Waals surface area contributed by atoms with Crippen LogP contribution in [0.3, 0.4) is 0 Å². The van der Waals surface area contributed by atoms with Crippen molar-refractivity contribution in [2.75, 3.05) is 41.9 Å². The highest BCUT2D eigenvalue weighted by Gasteiger charge is 2.59. The molecule has 1 amide bonds. The van der Waals surface area contributed by atoms with Crippen molar-refractivity contribution in [1.29, 1.82) is 0 Å². The molecular formula is C56H94N6O15. The first kappa shape index (κ1) is 64.3. The van der Waals surface area contributed by atoms with Gasteiger partial charge in [0.1, 0.15) is 40.5 Å². The van der Waals surface area contributed by atoms with E-state index >= 15 is 0 Å². The molecule has 21 nitrogen and oxygen atoms in total. The number of aromatic nitrogens is 3. The molecule has 0 unspecified atom stereocenters. The minimum atomic E-state index is -2.02. The van der Waals surface area contributed by atoms with Gasteiger partial charge < -0.3 is 58.5 Å². The van der Waals surface area contributed by atoms with Crippen LogP contribution in [0, 0.1) is 23.7 Å². The summed E-state index contributed by atoms with van der Waals surface area (Å²) in [4.78, 5) is 44.1. The van der Waals surface area contributed by atoms with Gasteiger partial charge >= 0.3 is 5.97 Å². The van der Waals surface area contributed by atoms with E-state index in [1.165, 1.54) is 21.1 Å². The number of hydroxylamine groups is 1. The highest BCUT2D eigenvalue weighted by atomic mass is 16.7. The number of unbranched alkanes of at least 4 members (excludes halogenated alkanes) is 3. The number of rotatable bonds is 20. The second-order valence-electron chi connectivity index (χ2n) is 23.4. The Morgan fingerprint density at radius 3 is 2.17 bits per heavy atom. The standard InChI is InChI=1S/C56H94N6O15/c1-16-43-55(10,68)49(66)35(4)46(64)33(2)28-53(8,71-14)50(77-52-47(65)42(60(11)12)27-34(3)73-52)36(5)48(37(6)51(67)75-43)76-45-29-54(9,72-15)56(69,38(7)74-45)32-61(13)30-39-22-24-40(25-23-39)41-31-62(59-57-41)26-20-18-17-19-21-44(63)58-70/h22-25,31,33-38,42-43,45,47-50,52,65-66,68-70H,16-21,26-30,32H2,1-15H3,(H,58,63)/t33-,34+,35+,36-,37-,38-,42-,43-,45-,47+,48+,49+,50-,52-,53-,54+,55-,56-/m0/s1. The zero-order valence-electron chi connectivity index (χ0n) is 48.5. The van der Waals surface area contributed by atoms with Crippen LogP contribution in [-0.4, -0.2) is 194 Å². The van der Waals surface area contributed by atoms with Crippen molar-refractivity contribution in [2.24, 2.45) is 23.7 Å². The number of ether oxygens (including phenoxy) is 7. The van der Waals surface area contributed by atoms with Crippen molar-refractivity contribution in [3.63, 3.8) is 0 Å². The number of nitrogens with one attached hydrogen (secondary N) is 1. The van der Waals surface area contributed by atoms with E-state index in [2.05, 4.69) is 10.3 Å². The van der Waals surface area contributed by atoms with Gasteiger partial charge in [-0.3, -0.25) is 29.2 Å². The predicted octanol–water partition coefficient (Wildman–Crippen LogP) is 4.66. The van der Waals surface area contributed by atoms with Gasteiger partial charge in [-0.2, -0.15) is 0 Å². The van der Waals surface area contributed by atoms with E-state index in [9.17, 15) is 34.8 Å². The molecule has 4 heterocycles. The number of aryl methyl sites for hydroxylation is 1. The number of methoxy groups -OCH3 is 2. The molecule has 1 aromatic carbocycles. The first-order valence-electron chi connectivity index (χ1n) is 27.6. The third-order valence-corrected chi connectivity index (χ3v) is 17.2. The van der Waals surface area contributed by atoms with Gasteiger partial charge in [0.25, 0.3) is 0 Å². The minimum absolute atomic E-state index is 0.0172. The molecule has 0 radical (unpaired) electrons. The van der Waals surface area contributed by atoms with Gasteiger partial charge in [-0.15, -0.1) is 5.10 Å². The summed E-state index contributed by atoms with van der Waals surface area (Å²) in [5, 5.41) is 65.5.